The van der Waals surface area contributed by atoms with Gasteiger partial charge in [0.15, 0.2) is 0 Å². The number of ether oxygens (including phenoxy) is 1. The molecule has 11 heteroatoms. The highest BCUT2D eigenvalue weighted by atomic mass is 35.5. The number of aromatic nitrogens is 1. The van der Waals surface area contributed by atoms with E-state index in [1.165, 1.54) is 23.5 Å². The number of aliphatic hydroxyl groups excluding tert-OH is 1. The molecule has 9 nitrogen and oxygen atoms in total. The smallest absolute Gasteiger partial charge is 0.243 e. The van der Waals surface area contributed by atoms with Crippen molar-refractivity contribution in [1.82, 2.24) is 14.6 Å². The van der Waals surface area contributed by atoms with Crippen LogP contribution in [0.15, 0.2) is 83.8 Å². The Morgan fingerprint density at radius 3 is 2.46 bits per heavy atom. The van der Waals surface area contributed by atoms with E-state index < -0.39 is 16.1 Å². The van der Waals surface area contributed by atoms with E-state index >= 15 is 0 Å². The van der Waals surface area contributed by atoms with Gasteiger partial charge < -0.3 is 20.5 Å². The number of aliphatic hydroxyl groups is 1. The van der Waals surface area contributed by atoms with Gasteiger partial charge in [0.25, 0.3) is 0 Å². The number of nitrogens with one attached hydrogen (secondary N) is 2. The first-order valence-electron chi connectivity index (χ1n) is 13.1. The summed E-state index contributed by atoms with van der Waals surface area (Å²) in [6.07, 6.45) is -0.0916. The lowest BCUT2D eigenvalue weighted by atomic mass is 10.1. The molecule has 0 unspecified atom stereocenters. The van der Waals surface area contributed by atoms with E-state index in [1.807, 2.05) is 55.5 Å². The normalized spacial score (nSPS) is 12.3. The van der Waals surface area contributed by atoms with Gasteiger partial charge in [0, 0.05) is 47.8 Å². The van der Waals surface area contributed by atoms with E-state index in [0.717, 1.165) is 27.8 Å². The zero-order valence-electron chi connectivity index (χ0n) is 22.9. The van der Waals surface area contributed by atoms with Gasteiger partial charge in [-0.2, -0.15) is 4.31 Å². The number of benzene rings is 3. The zero-order valence-corrected chi connectivity index (χ0v) is 24.5. The highest BCUT2D eigenvalue weighted by molar-refractivity contribution is 7.89. The van der Waals surface area contributed by atoms with Crippen molar-refractivity contribution in [2.75, 3.05) is 38.7 Å². The van der Waals surface area contributed by atoms with Gasteiger partial charge in [0.05, 0.1) is 30.2 Å². The molecule has 41 heavy (non-hydrogen) atoms. The van der Waals surface area contributed by atoms with Crippen LogP contribution in [0.2, 0.25) is 5.02 Å². The number of halogens is 1. The Hall–Kier alpha value is -3.70. The molecular weight excluding hydrogens is 564 g/mol. The summed E-state index contributed by atoms with van der Waals surface area (Å²) in [6.45, 7) is 1.90. The largest absolute Gasteiger partial charge is 0.497 e. The van der Waals surface area contributed by atoms with Crippen LogP contribution in [0.4, 0.5) is 5.69 Å². The van der Waals surface area contributed by atoms with Gasteiger partial charge in [-0.3, -0.25) is 9.78 Å². The lowest BCUT2D eigenvalue weighted by molar-refractivity contribution is -0.122. The van der Waals surface area contributed by atoms with Crippen molar-refractivity contribution >= 4 is 44.1 Å². The minimum atomic E-state index is -3.94. The summed E-state index contributed by atoms with van der Waals surface area (Å²) in [5.74, 6) is 0.160. The molecule has 0 saturated carbocycles. The lowest BCUT2D eigenvalue weighted by Crippen LogP contribution is -2.39. The van der Waals surface area contributed by atoms with Gasteiger partial charge in [0.1, 0.15) is 5.75 Å². The highest BCUT2D eigenvalue weighted by Crippen LogP contribution is 2.26. The third kappa shape index (κ3) is 7.74. The number of pyridine rings is 1. The summed E-state index contributed by atoms with van der Waals surface area (Å²) in [6, 6.07) is 21.9. The number of rotatable bonds is 13. The number of sulfonamides is 1. The van der Waals surface area contributed by atoms with Crippen molar-refractivity contribution in [3.05, 3.63) is 95.1 Å². The van der Waals surface area contributed by atoms with Gasteiger partial charge in [-0.05, 0) is 61.0 Å². The third-order valence-corrected chi connectivity index (χ3v) is 8.73. The predicted octanol–water partition coefficient (Wildman–Crippen LogP) is 4.55. The molecule has 0 bridgehead atoms. The molecule has 0 radical (unpaired) electrons. The lowest BCUT2D eigenvalue weighted by Gasteiger charge is -2.24. The van der Waals surface area contributed by atoms with E-state index in [9.17, 15) is 18.3 Å². The number of aryl methyl sites for hydroxylation is 1. The van der Waals surface area contributed by atoms with Gasteiger partial charge in [-0.25, -0.2) is 8.42 Å². The van der Waals surface area contributed by atoms with Crippen molar-refractivity contribution in [1.29, 1.82) is 0 Å². The zero-order chi connectivity index (χ0) is 29.4. The number of anilines is 1. The third-order valence-electron chi connectivity index (χ3n) is 6.58. The Kier molecular flexibility index (Phi) is 10.2. The average Bonchev–Trinajstić information content (AvgIpc) is 2.98. The van der Waals surface area contributed by atoms with Crippen molar-refractivity contribution in [2.24, 2.45) is 0 Å². The Morgan fingerprint density at radius 2 is 1.78 bits per heavy atom. The first-order valence-corrected chi connectivity index (χ1v) is 14.9. The van der Waals surface area contributed by atoms with E-state index in [-0.39, 0.29) is 43.5 Å². The summed E-state index contributed by atoms with van der Waals surface area (Å²) in [4.78, 5) is 17.5. The second kappa shape index (κ2) is 13.8. The monoisotopic (exact) mass is 596 g/mol. The van der Waals surface area contributed by atoms with E-state index in [2.05, 4.69) is 15.6 Å². The summed E-state index contributed by atoms with van der Waals surface area (Å²) < 4.78 is 33.8. The number of amides is 1. The van der Waals surface area contributed by atoms with Crippen LogP contribution in [0.1, 0.15) is 23.7 Å². The van der Waals surface area contributed by atoms with Gasteiger partial charge >= 0.3 is 0 Å². The molecule has 1 atom stereocenters. The molecule has 216 valence electrons. The van der Waals surface area contributed by atoms with Crippen LogP contribution in [0, 0.1) is 6.92 Å². The minimum absolute atomic E-state index is 0.0588. The fourth-order valence-electron chi connectivity index (χ4n) is 4.45. The maximum Gasteiger partial charge on any atom is 0.243 e. The van der Waals surface area contributed by atoms with Gasteiger partial charge in [-0.15, -0.1) is 0 Å². The van der Waals surface area contributed by atoms with Crippen LogP contribution in [0.3, 0.4) is 0 Å². The second-order valence-corrected chi connectivity index (χ2v) is 11.8. The molecule has 0 aliphatic heterocycles. The molecule has 0 fully saturated rings. The van der Waals surface area contributed by atoms with Gasteiger partial charge in [0.2, 0.25) is 15.9 Å². The van der Waals surface area contributed by atoms with Crippen LogP contribution in [-0.2, 0) is 14.8 Å². The summed E-state index contributed by atoms with van der Waals surface area (Å²) in [5, 5.41) is 17.3. The number of fused-ring (bicyclic) bond motifs is 1. The molecule has 3 N–H and O–H groups in total. The molecule has 3 aromatic carbocycles. The first-order chi connectivity index (χ1) is 19.7. The molecule has 1 aromatic heterocycles. The standard InChI is InChI=1S/C30H33ClN4O5S/c1-21-18-28(26-19-23(31)8-13-27(26)33-21)32-15-17-35(41(38,39)25-11-9-24(40-2)10-12-25)16-14-30(37)34-29(20-36)22-6-4-3-5-7-22/h3-13,18-19,29,36H,14-17,20H2,1-2H3,(H,32,33)(H,34,37)/t29-/m1/s1. The SMILES string of the molecule is COc1ccc(S(=O)(=O)N(CCNc2cc(C)nc3ccc(Cl)cc23)CCC(=O)N[C@H](CO)c2ccccc2)cc1. The topological polar surface area (TPSA) is 121 Å². The van der Waals surface area contributed by atoms with Crippen molar-refractivity contribution in [3.8, 4) is 5.75 Å². The summed E-state index contributed by atoms with van der Waals surface area (Å²) in [7, 11) is -2.44. The van der Waals surface area contributed by atoms with E-state index in [1.54, 1.807) is 18.2 Å². The van der Waals surface area contributed by atoms with Crippen LogP contribution in [0.5, 0.6) is 5.75 Å². The van der Waals surface area contributed by atoms with Crippen LogP contribution in [0.25, 0.3) is 10.9 Å². The number of carbonyl (C=O) groups is 1. The second-order valence-electron chi connectivity index (χ2n) is 9.44. The Labute approximate surface area is 245 Å². The van der Waals surface area contributed by atoms with Crippen LogP contribution < -0.4 is 15.4 Å². The highest BCUT2D eigenvalue weighted by Gasteiger charge is 2.25. The van der Waals surface area contributed by atoms with Crippen molar-refractivity contribution < 1.29 is 23.1 Å². The fourth-order valence-corrected chi connectivity index (χ4v) is 6.07. The molecule has 0 saturated heterocycles. The maximum atomic E-state index is 13.7. The Balaban J connectivity index is 1.51. The molecular formula is C30H33ClN4O5S. The van der Waals surface area contributed by atoms with E-state index in [0.29, 0.717) is 10.8 Å². The molecule has 4 aromatic rings. The van der Waals surface area contributed by atoms with Crippen molar-refractivity contribution in [3.63, 3.8) is 0 Å². The number of nitrogens with zero attached hydrogens (tertiary/aromatic N) is 2. The Morgan fingerprint density at radius 1 is 1.05 bits per heavy atom. The fraction of sp³-hybridized carbons (Fsp3) is 0.267. The van der Waals surface area contributed by atoms with E-state index in [4.69, 9.17) is 16.3 Å². The number of carbonyl (C=O) groups excluding carboxylic acids is 1. The van der Waals surface area contributed by atoms with Crippen LogP contribution >= 0.6 is 11.6 Å². The molecule has 0 aliphatic rings. The maximum absolute atomic E-state index is 13.7. The molecule has 0 spiro atoms. The predicted molar refractivity (Wildman–Crippen MR) is 161 cm³/mol. The number of hydrogen-bond acceptors (Lipinski definition) is 7. The first kappa shape index (κ1) is 30.3. The minimum Gasteiger partial charge on any atom is -0.497 e. The Bertz CT molecular complexity index is 1580. The van der Waals surface area contributed by atoms with Crippen LogP contribution in [-0.4, -0.2) is 62.1 Å². The molecule has 4 rings (SSSR count). The molecule has 0 aliphatic carbocycles. The van der Waals surface area contributed by atoms with Gasteiger partial charge in [-0.1, -0.05) is 41.9 Å². The molecule has 1 amide bonds. The quantitative estimate of drug-likeness (QED) is 0.207. The number of hydrogen-bond donors (Lipinski definition) is 3. The summed E-state index contributed by atoms with van der Waals surface area (Å²) in [5.41, 5.74) is 3.12. The summed E-state index contributed by atoms with van der Waals surface area (Å²) >= 11 is 6.22. The number of methoxy groups -OCH3 is 1. The molecule has 1 heterocycles. The average molecular weight is 597 g/mol. The van der Waals surface area contributed by atoms with Crippen molar-refractivity contribution in [2.45, 2.75) is 24.3 Å².